The van der Waals surface area contributed by atoms with Gasteiger partial charge in [-0.2, -0.15) is 0 Å². The van der Waals surface area contributed by atoms with Gasteiger partial charge in [0.2, 0.25) is 0 Å². The van der Waals surface area contributed by atoms with Crippen molar-refractivity contribution in [2.75, 3.05) is 5.75 Å². The quantitative estimate of drug-likeness (QED) is 0.901. The highest BCUT2D eigenvalue weighted by atomic mass is 32.2. The number of hydrogen-bond donors (Lipinski definition) is 1. The number of rotatable bonds is 4. The van der Waals surface area contributed by atoms with E-state index in [9.17, 15) is 9.59 Å². The zero-order valence-electron chi connectivity index (χ0n) is 9.79. The Morgan fingerprint density at radius 1 is 1.56 bits per heavy atom. The van der Waals surface area contributed by atoms with Crippen molar-refractivity contribution >= 4 is 23.4 Å². The first-order valence-electron chi connectivity index (χ1n) is 5.35. The van der Waals surface area contributed by atoms with Crippen molar-refractivity contribution in [2.24, 2.45) is 0 Å². The predicted molar refractivity (Wildman–Crippen MR) is 70.0 cm³/mol. The van der Waals surface area contributed by atoms with Gasteiger partial charge in [-0.15, -0.1) is 11.8 Å². The summed E-state index contributed by atoms with van der Waals surface area (Å²) in [6, 6.07) is 5.13. The third-order valence-corrected chi connectivity index (χ3v) is 3.37. The van der Waals surface area contributed by atoms with E-state index in [0.29, 0.717) is 17.1 Å². The van der Waals surface area contributed by atoms with Gasteiger partial charge in [0, 0.05) is 18.0 Å². The van der Waals surface area contributed by atoms with Crippen molar-refractivity contribution in [3.63, 3.8) is 0 Å². The second kappa shape index (κ2) is 5.22. The standard InChI is InChI=1S/C12H12N2O3S/c1-8-3-2-4-14-10(15)5-9(13-12(8)14)6-18-7-11(16)17/h2-5H,6-7H2,1H3,(H,16,17). The molecule has 0 fully saturated rings. The molecule has 0 unspecified atom stereocenters. The molecule has 18 heavy (non-hydrogen) atoms. The number of carboxylic acids is 1. The first-order chi connectivity index (χ1) is 8.58. The van der Waals surface area contributed by atoms with Gasteiger partial charge in [0.05, 0.1) is 11.4 Å². The van der Waals surface area contributed by atoms with Gasteiger partial charge < -0.3 is 5.11 Å². The maximum Gasteiger partial charge on any atom is 0.313 e. The Morgan fingerprint density at radius 3 is 3.06 bits per heavy atom. The number of carboxylic acid groups (broad SMARTS) is 1. The highest BCUT2D eigenvalue weighted by Gasteiger charge is 2.05. The molecule has 5 nitrogen and oxygen atoms in total. The molecule has 0 aliphatic rings. The lowest BCUT2D eigenvalue weighted by Gasteiger charge is -2.05. The van der Waals surface area contributed by atoms with E-state index in [1.54, 1.807) is 12.3 Å². The maximum absolute atomic E-state index is 11.8. The second-order valence-corrected chi connectivity index (χ2v) is 4.84. The van der Waals surface area contributed by atoms with Crippen molar-refractivity contribution in [1.29, 1.82) is 0 Å². The smallest absolute Gasteiger partial charge is 0.313 e. The lowest BCUT2D eigenvalue weighted by Crippen LogP contribution is -2.16. The molecule has 0 bridgehead atoms. The van der Waals surface area contributed by atoms with Gasteiger partial charge in [-0.25, -0.2) is 4.98 Å². The number of fused-ring (bicyclic) bond motifs is 1. The van der Waals surface area contributed by atoms with Gasteiger partial charge in [-0.3, -0.25) is 14.0 Å². The van der Waals surface area contributed by atoms with E-state index in [4.69, 9.17) is 5.11 Å². The molecule has 0 spiro atoms. The van der Waals surface area contributed by atoms with Gasteiger partial charge in [0.1, 0.15) is 5.65 Å². The summed E-state index contributed by atoms with van der Waals surface area (Å²) >= 11 is 1.23. The molecular formula is C12H12N2O3S. The van der Waals surface area contributed by atoms with Crippen molar-refractivity contribution in [3.8, 4) is 0 Å². The SMILES string of the molecule is Cc1cccn2c(=O)cc(CSCC(=O)O)nc12. The Kier molecular flexibility index (Phi) is 3.66. The summed E-state index contributed by atoms with van der Waals surface area (Å²) in [5.74, 6) is -0.435. The monoisotopic (exact) mass is 264 g/mol. The van der Waals surface area contributed by atoms with Gasteiger partial charge in [-0.05, 0) is 18.6 Å². The summed E-state index contributed by atoms with van der Waals surface area (Å²) in [5, 5.41) is 8.55. The van der Waals surface area contributed by atoms with E-state index in [2.05, 4.69) is 4.98 Å². The first kappa shape index (κ1) is 12.6. The van der Waals surface area contributed by atoms with Gasteiger partial charge in [0.15, 0.2) is 0 Å². The van der Waals surface area contributed by atoms with Crippen molar-refractivity contribution in [1.82, 2.24) is 9.38 Å². The molecule has 0 saturated carbocycles. The highest BCUT2D eigenvalue weighted by Crippen LogP contribution is 2.11. The van der Waals surface area contributed by atoms with Crippen molar-refractivity contribution in [3.05, 3.63) is 46.0 Å². The summed E-state index contributed by atoms with van der Waals surface area (Å²) in [6.07, 6.45) is 1.67. The van der Waals surface area contributed by atoms with Crippen LogP contribution in [0.1, 0.15) is 11.3 Å². The number of aliphatic carboxylic acids is 1. The highest BCUT2D eigenvalue weighted by molar-refractivity contribution is 7.99. The lowest BCUT2D eigenvalue weighted by atomic mass is 10.3. The van der Waals surface area contributed by atoms with E-state index in [1.165, 1.54) is 22.2 Å². The molecule has 6 heteroatoms. The third kappa shape index (κ3) is 2.70. The summed E-state index contributed by atoms with van der Waals surface area (Å²) in [5.41, 5.74) is 2.01. The molecule has 2 aromatic heterocycles. The van der Waals surface area contributed by atoms with Crippen LogP contribution >= 0.6 is 11.8 Å². The predicted octanol–water partition coefficient (Wildman–Crippen LogP) is 1.32. The number of pyridine rings is 1. The molecule has 94 valence electrons. The van der Waals surface area contributed by atoms with E-state index in [1.807, 2.05) is 13.0 Å². The molecule has 0 saturated heterocycles. The van der Waals surface area contributed by atoms with E-state index in [0.717, 1.165) is 5.56 Å². The zero-order valence-corrected chi connectivity index (χ0v) is 10.6. The minimum atomic E-state index is -0.867. The average molecular weight is 264 g/mol. The molecule has 0 aliphatic heterocycles. The second-order valence-electron chi connectivity index (χ2n) is 3.86. The largest absolute Gasteiger partial charge is 0.481 e. The number of thioether (sulfide) groups is 1. The summed E-state index contributed by atoms with van der Waals surface area (Å²) in [6.45, 7) is 1.88. The fourth-order valence-electron chi connectivity index (χ4n) is 1.63. The van der Waals surface area contributed by atoms with Crippen LogP contribution in [-0.4, -0.2) is 26.2 Å². The topological polar surface area (TPSA) is 71.7 Å². The average Bonchev–Trinajstić information content (AvgIpc) is 2.30. The van der Waals surface area contributed by atoms with E-state index >= 15 is 0 Å². The molecular weight excluding hydrogens is 252 g/mol. The van der Waals surface area contributed by atoms with Crippen LogP contribution in [0.3, 0.4) is 0 Å². The Labute approximate surface area is 107 Å². The van der Waals surface area contributed by atoms with Crippen LogP contribution in [0.2, 0.25) is 0 Å². The summed E-state index contributed by atoms with van der Waals surface area (Å²) < 4.78 is 1.49. The molecule has 2 aromatic rings. The molecule has 2 heterocycles. The normalized spacial score (nSPS) is 10.7. The molecule has 2 rings (SSSR count). The number of carbonyl (C=O) groups is 1. The van der Waals surface area contributed by atoms with Crippen LogP contribution in [-0.2, 0) is 10.5 Å². The molecule has 0 aromatic carbocycles. The number of aryl methyl sites for hydroxylation is 1. The van der Waals surface area contributed by atoms with Crippen LogP contribution in [0.25, 0.3) is 5.65 Å². The molecule has 1 N–H and O–H groups in total. The fraction of sp³-hybridized carbons (Fsp3) is 0.250. The van der Waals surface area contributed by atoms with Gasteiger partial charge in [-0.1, -0.05) is 6.07 Å². The maximum atomic E-state index is 11.8. The van der Waals surface area contributed by atoms with Crippen LogP contribution in [0.5, 0.6) is 0 Å². The Bertz CT molecular complexity index is 651. The van der Waals surface area contributed by atoms with Crippen molar-refractivity contribution in [2.45, 2.75) is 12.7 Å². The fourth-order valence-corrected chi connectivity index (χ4v) is 2.26. The van der Waals surface area contributed by atoms with Crippen LogP contribution in [0.15, 0.2) is 29.2 Å². The molecule has 0 amide bonds. The Hall–Kier alpha value is -1.82. The summed E-state index contributed by atoms with van der Waals surface area (Å²) in [4.78, 5) is 26.6. The third-order valence-electron chi connectivity index (χ3n) is 2.41. The summed E-state index contributed by atoms with van der Waals surface area (Å²) in [7, 11) is 0. The van der Waals surface area contributed by atoms with E-state index < -0.39 is 5.97 Å². The molecule has 0 atom stereocenters. The number of nitrogens with zero attached hydrogens (tertiary/aromatic N) is 2. The van der Waals surface area contributed by atoms with Crippen LogP contribution in [0.4, 0.5) is 0 Å². The first-order valence-corrected chi connectivity index (χ1v) is 6.51. The van der Waals surface area contributed by atoms with Gasteiger partial charge in [0.25, 0.3) is 5.56 Å². The minimum Gasteiger partial charge on any atom is -0.481 e. The lowest BCUT2D eigenvalue weighted by molar-refractivity contribution is -0.133. The minimum absolute atomic E-state index is 0.00875. The molecule has 0 radical (unpaired) electrons. The molecule has 0 aliphatic carbocycles. The number of aromatic nitrogens is 2. The zero-order chi connectivity index (χ0) is 13.1. The Balaban J connectivity index is 2.33. The van der Waals surface area contributed by atoms with Gasteiger partial charge >= 0.3 is 5.97 Å². The number of hydrogen-bond acceptors (Lipinski definition) is 4. The van der Waals surface area contributed by atoms with E-state index in [-0.39, 0.29) is 11.3 Å². The van der Waals surface area contributed by atoms with Crippen LogP contribution < -0.4 is 5.56 Å². The van der Waals surface area contributed by atoms with Crippen molar-refractivity contribution < 1.29 is 9.90 Å². The van der Waals surface area contributed by atoms with Crippen LogP contribution in [0, 0.1) is 6.92 Å². The Morgan fingerprint density at radius 2 is 2.33 bits per heavy atom.